The van der Waals surface area contributed by atoms with Gasteiger partial charge in [-0.3, -0.25) is 4.68 Å². The standard InChI is InChI=1S/C12H22N2O/c1-4-6-7-8-12(3,15)11-9-13-14(5-2)10-11/h9-10,15H,4-8H2,1-3H3. The van der Waals surface area contributed by atoms with E-state index in [9.17, 15) is 5.11 Å². The van der Waals surface area contributed by atoms with E-state index in [1.807, 2.05) is 24.7 Å². The predicted octanol–water partition coefficient (Wildman–Crippen LogP) is 2.69. The molecule has 0 bridgehead atoms. The molecular weight excluding hydrogens is 188 g/mol. The van der Waals surface area contributed by atoms with Crippen LogP contribution in [0.1, 0.15) is 52.0 Å². The van der Waals surface area contributed by atoms with Crippen molar-refractivity contribution in [3.05, 3.63) is 18.0 Å². The smallest absolute Gasteiger partial charge is 0.0898 e. The van der Waals surface area contributed by atoms with Crippen molar-refractivity contribution in [1.29, 1.82) is 0 Å². The largest absolute Gasteiger partial charge is 0.385 e. The first-order valence-corrected chi connectivity index (χ1v) is 5.85. The third-order valence-corrected chi connectivity index (χ3v) is 2.85. The van der Waals surface area contributed by atoms with E-state index in [0.717, 1.165) is 24.9 Å². The van der Waals surface area contributed by atoms with Crippen LogP contribution in [0, 0.1) is 0 Å². The molecule has 0 saturated heterocycles. The summed E-state index contributed by atoms with van der Waals surface area (Å²) < 4.78 is 1.85. The Bertz CT molecular complexity index is 292. The average Bonchev–Trinajstić information content (AvgIpc) is 2.66. The summed E-state index contributed by atoms with van der Waals surface area (Å²) in [5.41, 5.74) is 0.211. The number of aryl methyl sites for hydroxylation is 1. The second-order valence-electron chi connectivity index (χ2n) is 4.32. The summed E-state index contributed by atoms with van der Waals surface area (Å²) in [4.78, 5) is 0. The van der Waals surface area contributed by atoms with Crippen molar-refractivity contribution in [2.24, 2.45) is 0 Å². The van der Waals surface area contributed by atoms with E-state index >= 15 is 0 Å². The van der Waals surface area contributed by atoms with Crippen LogP contribution >= 0.6 is 0 Å². The monoisotopic (exact) mass is 210 g/mol. The van der Waals surface area contributed by atoms with Crippen molar-refractivity contribution in [1.82, 2.24) is 9.78 Å². The quantitative estimate of drug-likeness (QED) is 0.733. The van der Waals surface area contributed by atoms with Gasteiger partial charge in [-0.1, -0.05) is 26.2 Å². The molecule has 0 aliphatic heterocycles. The van der Waals surface area contributed by atoms with Crippen LogP contribution in [0.15, 0.2) is 12.4 Å². The molecule has 3 heteroatoms. The summed E-state index contributed by atoms with van der Waals surface area (Å²) in [7, 11) is 0. The summed E-state index contributed by atoms with van der Waals surface area (Å²) >= 11 is 0. The minimum atomic E-state index is -0.720. The average molecular weight is 210 g/mol. The Labute approximate surface area is 92.1 Å². The third kappa shape index (κ3) is 3.34. The first-order valence-electron chi connectivity index (χ1n) is 5.85. The molecule has 1 aromatic heterocycles. The summed E-state index contributed by atoms with van der Waals surface area (Å²) in [6.45, 7) is 6.94. The SMILES string of the molecule is CCCCCC(C)(O)c1cnn(CC)c1. The lowest BCUT2D eigenvalue weighted by atomic mass is 9.93. The number of hydrogen-bond acceptors (Lipinski definition) is 2. The topological polar surface area (TPSA) is 38.1 Å². The van der Waals surface area contributed by atoms with Crippen LogP contribution in [-0.2, 0) is 12.1 Å². The lowest BCUT2D eigenvalue weighted by Crippen LogP contribution is -2.20. The van der Waals surface area contributed by atoms with Crippen molar-refractivity contribution in [2.45, 2.75) is 58.6 Å². The number of hydrogen-bond donors (Lipinski definition) is 1. The molecule has 1 atom stereocenters. The zero-order valence-electron chi connectivity index (χ0n) is 10.0. The highest BCUT2D eigenvalue weighted by atomic mass is 16.3. The Morgan fingerprint density at radius 2 is 2.13 bits per heavy atom. The minimum Gasteiger partial charge on any atom is -0.385 e. The molecule has 0 aromatic carbocycles. The van der Waals surface area contributed by atoms with E-state index in [-0.39, 0.29) is 0 Å². The normalized spacial score (nSPS) is 15.2. The van der Waals surface area contributed by atoms with Crippen LogP contribution in [-0.4, -0.2) is 14.9 Å². The molecule has 0 saturated carbocycles. The van der Waals surface area contributed by atoms with Gasteiger partial charge in [-0.05, 0) is 20.3 Å². The lowest BCUT2D eigenvalue weighted by molar-refractivity contribution is 0.0449. The van der Waals surface area contributed by atoms with Crippen molar-refractivity contribution in [3.63, 3.8) is 0 Å². The van der Waals surface area contributed by atoms with E-state index in [1.54, 1.807) is 6.20 Å². The van der Waals surface area contributed by atoms with E-state index in [4.69, 9.17) is 0 Å². The molecule has 1 heterocycles. The van der Waals surface area contributed by atoms with Gasteiger partial charge in [0.2, 0.25) is 0 Å². The fraction of sp³-hybridized carbons (Fsp3) is 0.750. The molecule has 0 spiro atoms. The van der Waals surface area contributed by atoms with Crippen LogP contribution in [0.3, 0.4) is 0 Å². The molecule has 0 aliphatic rings. The van der Waals surface area contributed by atoms with Gasteiger partial charge in [0.25, 0.3) is 0 Å². The number of aliphatic hydroxyl groups is 1. The second-order valence-corrected chi connectivity index (χ2v) is 4.32. The molecular formula is C12H22N2O. The number of aromatic nitrogens is 2. The minimum absolute atomic E-state index is 0.720. The highest BCUT2D eigenvalue weighted by Gasteiger charge is 2.23. The number of unbranched alkanes of at least 4 members (excludes halogenated alkanes) is 2. The number of rotatable bonds is 6. The van der Waals surface area contributed by atoms with Gasteiger partial charge in [-0.25, -0.2) is 0 Å². The van der Waals surface area contributed by atoms with E-state index < -0.39 is 5.60 Å². The van der Waals surface area contributed by atoms with Gasteiger partial charge in [0.1, 0.15) is 0 Å². The summed E-state index contributed by atoms with van der Waals surface area (Å²) in [6, 6.07) is 0. The Morgan fingerprint density at radius 1 is 1.40 bits per heavy atom. The maximum absolute atomic E-state index is 10.3. The molecule has 1 unspecified atom stereocenters. The maximum Gasteiger partial charge on any atom is 0.0898 e. The first-order chi connectivity index (χ1) is 7.10. The van der Waals surface area contributed by atoms with Crippen LogP contribution in [0.2, 0.25) is 0 Å². The molecule has 3 nitrogen and oxygen atoms in total. The van der Waals surface area contributed by atoms with Gasteiger partial charge < -0.3 is 5.11 Å². The summed E-state index contributed by atoms with van der Waals surface area (Å²) in [6.07, 6.45) is 7.96. The predicted molar refractivity (Wildman–Crippen MR) is 61.6 cm³/mol. The van der Waals surface area contributed by atoms with Crippen molar-refractivity contribution in [3.8, 4) is 0 Å². The Balaban J connectivity index is 2.59. The molecule has 0 fully saturated rings. The number of nitrogens with zero attached hydrogens (tertiary/aromatic N) is 2. The van der Waals surface area contributed by atoms with E-state index in [1.165, 1.54) is 12.8 Å². The van der Waals surface area contributed by atoms with Gasteiger partial charge in [-0.2, -0.15) is 5.10 Å². The lowest BCUT2D eigenvalue weighted by Gasteiger charge is -2.21. The van der Waals surface area contributed by atoms with Gasteiger partial charge in [0.05, 0.1) is 11.8 Å². The van der Waals surface area contributed by atoms with Crippen LogP contribution in [0.4, 0.5) is 0 Å². The fourth-order valence-electron chi connectivity index (χ4n) is 1.68. The highest BCUT2D eigenvalue weighted by molar-refractivity contribution is 5.13. The van der Waals surface area contributed by atoms with E-state index in [0.29, 0.717) is 0 Å². The second kappa shape index (κ2) is 5.31. The van der Waals surface area contributed by atoms with Crippen molar-refractivity contribution in [2.75, 3.05) is 0 Å². The Hall–Kier alpha value is -0.830. The first kappa shape index (κ1) is 12.2. The zero-order valence-corrected chi connectivity index (χ0v) is 10.0. The van der Waals surface area contributed by atoms with Gasteiger partial charge in [-0.15, -0.1) is 0 Å². The van der Waals surface area contributed by atoms with Crippen LogP contribution < -0.4 is 0 Å². The molecule has 0 amide bonds. The van der Waals surface area contributed by atoms with Crippen molar-refractivity contribution < 1.29 is 5.11 Å². The fourth-order valence-corrected chi connectivity index (χ4v) is 1.68. The van der Waals surface area contributed by atoms with Gasteiger partial charge >= 0.3 is 0 Å². The Kier molecular flexibility index (Phi) is 4.33. The molecule has 1 aromatic rings. The summed E-state index contributed by atoms with van der Waals surface area (Å²) in [5.74, 6) is 0. The molecule has 86 valence electrons. The zero-order chi connectivity index (χ0) is 11.3. The van der Waals surface area contributed by atoms with Crippen molar-refractivity contribution >= 4 is 0 Å². The Morgan fingerprint density at radius 3 is 2.67 bits per heavy atom. The maximum atomic E-state index is 10.3. The van der Waals surface area contributed by atoms with E-state index in [2.05, 4.69) is 12.0 Å². The van der Waals surface area contributed by atoms with Gasteiger partial charge in [0, 0.05) is 18.3 Å². The van der Waals surface area contributed by atoms with Crippen LogP contribution in [0.25, 0.3) is 0 Å². The van der Waals surface area contributed by atoms with Gasteiger partial charge in [0.15, 0.2) is 0 Å². The molecule has 1 rings (SSSR count). The summed E-state index contributed by atoms with van der Waals surface area (Å²) in [5, 5.41) is 14.5. The molecule has 15 heavy (non-hydrogen) atoms. The molecule has 0 radical (unpaired) electrons. The molecule has 1 N–H and O–H groups in total. The van der Waals surface area contributed by atoms with Crippen LogP contribution in [0.5, 0.6) is 0 Å². The molecule has 0 aliphatic carbocycles. The third-order valence-electron chi connectivity index (χ3n) is 2.85. The highest BCUT2D eigenvalue weighted by Crippen LogP contribution is 2.26.